The van der Waals surface area contributed by atoms with Crippen LogP contribution < -0.4 is 0 Å². The van der Waals surface area contributed by atoms with Crippen molar-refractivity contribution in [1.82, 2.24) is 0 Å². The molecule has 0 saturated heterocycles. The summed E-state index contributed by atoms with van der Waals surface area (Å²) in [6, 6.07) is 0. The van der Waals surface area contributed by atoms with Crippen LogP contribution in [0.25, 0.3) is 0 Å². The minimum Gasteiger partial charge on any atom is -0.392 e. The molecule has 1 rings (SSSR count). The van der Waals surface area contributed by atoms with Crippen molar-refractivity contribution in [1.29, 1.82) is 0 Å². The Labute approximate surface area is 137 Å². The molecule has 0 heterocycles. The molecule has 0 aromatic rings. The third-order valence-corrected chi connectivity index (χ3v) is 5.10. The third-order valence-electron chi connectivity index (χ3n) is 5.10. The Balaban J connectivity index is 2.75. The van der Waals surface area contributed by atoms with Gasteiger partial charge in [0.15, 0.2) is 0 Å². The summed E-state index contributed by atoms with van der Waals surface area (Å²) in [4.78, 5) is 0. The first kappa shape index (κ1) is 19.0. The Bertz CT molecular complexity index is 486. The summed E-state index contributed by atoms with van der Waals surface area (Å²) in [5.41, 5.74) is 6.20. The molecule has 1 aliphatic carbocycles. The van der Waals surface area contributed by atoms with Gasteiger partial charge in [0.1, 0.15) is 0 Å². The highest BCUT2D eigenvalue weighted by Gasteiger charge is 2.29. The van der Waals surface area contributed by atoms with Crippen molar-refractivity contribution in [3.8, 4) is 0 Å². The Morgan fingerprint density at radius 1 is 1.32 bits per heavy atom. The first-order valence-electron chi connectivity index (χ1n) is 8.59. The van der Waals surface area contributed by atoms with Gasteiger partial charge in [-0.1, -0.05) is 67.4 Å². The van der Waals surface area contributed by atoms with E-state index in [4.69, 9.17) is 5.11 Å². The Kier molecular flexibility index (Phi) is 7.35. The van der Waals surface area contributed by atoms with Crippen LogP contribution in [0.3, 0.4) is 0 Å². The zero-order chi connectivity index (χ0) is 16.8. The molecular weight excluding hydrogens is 268 g/mol. The highest BCUT2D eigenvalue weighted by molar-refractivity contribution is 5.26. The molecule has 0 saturated carbocycles. The quantitative estimate of drug-likeness (QED) is 0.472. The molecule has 1 unspecified atom stereocenters. The van der Waals surface area contributed by atoms with Crippen LogP contribution in [0.1, 0.15) is 67.2 Å². The minimum absolute atomic E-state index is 0.109. The largest absolute Gasteiger partial charge is 0.392 e. The van der Waals surface area contributed by atoms with E-state index in [0.717, 1.165) is 5.57 Å². The van der Waals surface area contributed by atoms with Crippen molar-refractivity contribution >= 4 is 0 Å². The van der Waals surface area contributed by atoms with Crippen LogP contribution in [0.15, 0.2) is 46.6 Å². The molecule has 1 atom stereocenters. The van der Waals surface area contributed by atoms with Crippen molar-refractivity contribution in [2.45, 2.75) is 67.2 Å². The first-order chi connectivity index (χ1) is 10.3. The summed E-state index contributed by atoms with van der Waals surface area (Å²) in [7, 11) is 0. The van der Waals surface area contributed by atoms with Gasteiger partial charge in [0.2, 0.25) is 0 Å². The fraction of sp³-hybridized carbons (Fsp3) is 0.619. The molecule has 0 fully saturated rings. The smallest absolute Gasteiger partial charge is 0.0617 e. The molecule has 0 aromatic heterocycles. The summed E-state index contributed by atoms with van der Waals surface area (Å²) in [6.07, 6.45) is 13.3. The van der Waals surface area contributed by atoms with Gasteiger partial charge >= 0.3 is 0 Å². The normalized spacial score (nSPS) is 21.6. The highest BCUT2D eigenvalue weighted by atomic mass is 16.2. The summed E-state index contributed by atoms with van der Waals surface area (Å²) in [5, 5.41) is 8.86. The van der Waals surface area contributed by atoms with Gasteiger partial charge in [-0.15, -0.1) is 0 Å². The standard InChI is InChI=1S/C21H34O/c1-16(12-14-22)9-7-10-17(2)19(4)15-20-18(3)11-8-13-21(20,5)6/h7,9-10,12,19,22H,8,11,13-15H2,1-6H3/b9-7+,16-12+,17-10+. The molecular formula is C21H34O. The minimum atomic E-state index is 0.109. The molecule has 0 bridgehead atoms. The molecule has 22 heavy (non-hydrogen) atoms. The number of hydrogen-bond donors (Lipinski definition) is 1. The Morgan fingerprint density at radius 2 is 2.00 bits per heavy atom. The zero-order valence-corrected chi connectivity index (χ0v) is 15.4. The van der Waals surface area contributed by atoms with E-state index in [0.29, 0.717) is 11.3 Å². The predicted molar refractivity (Wildman–Crippen MR) is 97.9 cm³/mol. The Morgan fingerprint density at radius 3 is 2.59 bits per heavy atom. The lowest BCUT2D eigenvalue weighted by atomic mass is 9.69. The molecule has 1 heteroatoms. The van der Waals surface area contributed by atoms with E-state index in [1.165, 1.54) is 31.3 Å². The topological polar surface area (TPSA) is 20.2 Å². The van der Waals surface area contributed by atoms with Gasteiger partial charge in [0.25, 0.3) is 0 Å². The maximum Gasteiger partial charge on any atom is 0.0617 e. The number of aliphatic hydroxyl groups excluding tert-OH is 1. The van der Waals surface area contributed by atoms with Gasteiger partial charge in [-0.25, -0.2) is 0 Å². The zero-order valence-electron chi connectivity index (χ0n) is 15.4. The molecule has 0 spiro atoms. The SMILES string of the molecule is CC1=C(CC(C)/C(C)=C/C=C/C(C)=C/CO)C(C)(C)CCC1. The second-order valence-electron chi connectivity index (χ2n) is 7.50. The van der Waals surface area contributed by atoms with Crippen molar-refractivity contribution in [3.05, 3.63) is 46.6 Å². The van der Waals surface area contributed by atoms with E-state index in [9.17, 15) is 0 Å². The third kappa shape index (κ3) is 5.61. The summed E-state index contributed by atoms with van der Waals surface area (Å²) in [6.45, 7) is 13.8. The van der Waals surface area contributed by atoms with Crippen molar-refractivity contribution in [3.63, 3.8) is 0 Å². The lowest BCUT2D eigenvalue weighted by Crippen LogP contribution is -2.22. The number of aliphatic hydroxyl groups is 1. The molecule has 1 N–H and O–H groups in total. The van der Waals surface area contributed by atoms with Crippen molar-refractivity contribution in [2.24, 2.45) is 11.3 Å². The van der Waals surface area contributed by atoms with Crippen LogP contribution in [0, 0.1) is 11.3 Å². The van der Waals surface area contributed by atoms with E-state index in [2.05, 4.69) is 52.8 Å². The second kappa shape index (κ2) is 8.53. The molecule has 1 nitrogen and oxygen atoms in total. The lowest BCUT2D eigenvalue weighted by molar-refractivity contribution is 0.342. The van der Waals surface area contributed by atoms with E-state index in [1.807, 2.05) is 13.0 Å². The number of hydrogen-bond acceptors (Lipinski definition) is 1. The molecule has 124 valence electrons. The highest BCUT2D eigenvalue weighted by Crippen LogP contribution is 2.43. The number of allylic oxidation sites excluding steroid dienone is 7. The van der Waals surface area contributed by atoms with Gasteiger partial charge in [0, 0.05) is 0 Å². The monoisotopic (exact) mass is 302 g/mol. The molecule has 0 radical (unpaired) electrons. The van der Waals surface area contributed by atoms with Crippen LogP contribution in [0.2, 0.25) is 0 Å². The predicted octanol–water partition coefficient (Wildman–Crippen LogP) is 5.98. The van der Waals surface area contributed by atoms with Crippen molar-refractivity contribution in [2.75, 3.05) is 6.61 Å². The second-order valence-corrected chi connectivity index (χ2v) is 7.50. The average molecular weight is 303 g/mol. The van der Waals surface area contributed by atoms with Crippen LogP contribution in [-0.4, -0.2) is 11.7 Å². The van der Waals surface area contributed by atoms with Gasteiger partial charge < -0.3 is 5.11 Å². The first-order valence-corrected chi connectivity index (χ1v) is 8.59. The van der Waals surface area contributed by atoms with E-state index < -0.39 is 0 Å². The van der Waals surface area contributed by atoms with Crippen LogP contribution >= 0.6 is 0 Å². The van der Waals surface area contributed by atoms with E-state index >= 15 is 0 Å². The molecule has 1 aliphatic rings. The average Bonchev–Trinajstić information content (AvgIpc) is 2.42. The summed E-state index contributed by atoms with van der Waals surface area (Å²) < 4.78 is 0. The van der Waals surface area contributed by atoms with E-state index in [-0.39, 0.29) is 6.61 Å². The van der Waals surface area contributed by atoms with Crippen LogP contribution in [0.5, 0.6) is 0 Å². The van der Waals surface area contributed by atoms with Gasteiger partial charge in [0.05, 0.1) is 6.61 Å². The number of rotatable bonds is 6. The van der Waals surface area contributed by atoms with Crippen LogP contribution in [-0.2, 0) is 0 Å². The molecule has 0 amide bonds. The maximum absolute atomic E-state index is 8.86. The van der Waals surface area contributed by atoms with Crippen molar-refractivity contribution < 1.29 is 5.11 Å². The van der Waals surface area contributed by atoms with Crippen LogP contribution in [0.4, 0.5) is 0 Å². The van der Waals surface area contributed by atoms with Gasteiger partial charge in [-0.05, 0) is 57.8 Å². The lowest BCUT2D eigenvalue weighted by Gasteiger charge is -2.36. The maximum atomic E-state index is 8.86. The fourth-order valence-corrected chi connectivity index (χ4v) is 3.32. The summed E-state index contributed by atoms with van der Waals surface area (Å²) in [5.74, 6) is 0.578. The summed E-state index contributed by atoms with van der Waals surface area (Å²) >= 11 is 0. The molecule has 0 aliphatic heterocycles. The van der Waals surface area contributed by atoms with E-state index in [1.54, 1.807) is 11.1 Å². The molecule has 0 aromatic carbocycles. The van der Waals surface area contributed by atoms with Gasteiger partial charge in [-0.3, -0.25) is 0 Å². The van der Waals surface area contributed by atoms with Gasteiger partial charge in [-0.2, -0.15) is 0 Å². The Hall–Kier alpha value is -1.08. The fourth-order valence-electron chi connectivity index (χ4n) is 3.32.